The van der Waals surface area contributed by atoms with Crippen LogP contribution in [0.1, 0.15) is 40.4 Å². The lowest BCUT2D eigenvalue weighted by Gasteiger charge is -2.25. The maximum Gasteiger partial charge on any atom is 0.289 e. The molecule has 1 amide bonds. The van der Waals surface area contributed by atoms with E-state index in [1.54, 1.807) is 0 Å². The molecule has 1 saturated carbocycles. The summed E-state index contributed by atoms with van der Waals surface area (Å²) in [6.45, 7) is 6.21. The number of benzene rings is 1. The number of rotatable bonds is 4. The van der Waals surface area contributed by atoms with Crippen LogP contribution >= 0.6 is 0 Å². The molecule has 2 atom stereocenters. The van der Waals surface area contributed by atoms with Gasteiger partial charge < -0.3 is 9.88 Å². The van der Waals surface area contributed by atoms with Crippen molar-refractivity contribution >= 4 is 5.91 Å². The molecular weight excluding hydrogens is 326 g/mol. The Hall–Kier alpha value is -2.21. The van der Waals surface area contributed by atoms with Gasteiger partial charge in [-0.15, -0.1) is 10.2 Å². The van der Waals surface area contributed by atoms with Crippen molar-refractivity contribution in [1.82, 2.24) is 25.0 Å². The molecule has 2 aromatic rings. The molecule has 26 heavy (non-hydrogen) atoms. The number of fused-ring (bicyclic) bond motifs is 2. The second-order valence-corrected chi connectivity index (χ2v) is 8.21. The quantitative estimate of drug-likeness (QED) is 0.912. The highest BCUT2D eigenvalue weighted by atomic mass is 16.2. The van der Waals surface area contributed by atoms with E-state index in [4.69, 9.17) is 0 Å². The molecule has 6 nitrogen and oxygen atoms in total. The highest BCUT2D eigenvalue weighted by molar-refractivity contribution is 5.91. The summed E-state index contributed by atoms with van der Waals surface area (Å²) in [5.41, 5.74) is 2.70. The summed E-state index contributed by atoms with van der Waals surface area (Å²) in [6.07, 6.45) is 3.11. The molecular formula is C20H25N5O. The van der Waals surface area contributed by atoms with Crippen LogP contribution in [0.25, 0.3) is 0 Å². The van der Waals surface area contributed by atoms with Gasteiger partial charge >= 0.3 is 0 Å². The molecule has 3 heterocycles. The fourth-order valence-electron chi connectivity index (χ4n) is 4.46. The summed E-state index contributed by atoms with van der Waals surface area (Å²) in [6, 6.07) is 9.12. The number of amides is 1. The molecule has 0 bridgehead atoms. The molecule has 0 unspecified atom stereocenters. The highest BCUT2D eigenvalue weighted by Gasteiger charge is 2.39. The van der Waals surface area contributed by atoms with E-state index in [2.05, 4.69) is 56.2 Å². The van der Waals surface area contributed by atoms with Crippen molar-refractivity contribution in [2.45, 2.75) is 45.3 Å². The Labute approximate surface area is 153 Å². The summed E-state index contributed by atoms with van der Waals surface area (Å²) in [5.74, 6) is 2.62. The van der Waals surface area contributed by atoms with Crippen LogP contribution in [0.2, 0.25) is 0 Å². The number of likely N-dealkylation sites (tertiary alicyclic amines) is 1. The van der Waals surface area contributed by atoms with Crippen molar-refractivity contribution < 1.29 is 4.79 Å². The van der Waals surface area contributed by atoms with Gasteiger partial charge in [-0.2, -0.15) is 0 Å². The summed E-state index contributed by atoms with van der Waals surface area (Å²) < 4.78 is 2.06. The summed E-state index contributed by atoms with van der Waals surface area (Å²) in [4.78, 5) is 15.0. The second kappa shape index (κ2) is 6.20. The van der Waals surface area contributed by atoms with Crippen LogP contribution in [0.15, 0.2) is 24.3 Å². The summed E-state index contributed by atoms with van der Waals surface area (Å²) >= 11 is 0. The summed E-state index contributed by atoms with van der Waals surface area (Å²) in [7, 11) is 0. The Balaban J connectivity index is 1.28. The third-order valence-corrected chi connectivity index (χ3v) is 5.95. The van der Waals surface area contributed by atoms with Crippen LogP contribution in [0.5, 0.6) is 0 Å². The minimum atomic E-state index is -0.0562. The summed E-state index contributed by atoms with van der Waals surface area (Å²) in [5, 5.41) is 11.5. The van der Waals surface area contributed by atoms with Crippen molar-refractivity contribution in [3.63, 3.8) is 0 Å². The third kappa shape index (κ3) is 3.03. The van der Waals surface area contributed by atoms with Crippen molar-refractivity contribution in [3.8, 4) is 0 Å². The lowest BCUT2D eigenvalue weighted by molar-refractivity contribution is 0.0932. The van der Waals surface area contributed by atoms with E-state index >= 15 is 0 Å². The van der Waals surface area contributed by atoms with Gasteiger partial charge in [0.05, 0.1) is 0 Å². The minimum absolute atomic E-state index is 0.0562. The van der Waals surface area contributed by atoms with Crippen molar-refractivity contribution in [2.75, 3.05) is 13.1 Å². The zero-order valence-corrected chi connectivity index (χ0v) is 15.2. The van der Waals surface area contributed by atoms with Gasteiger partial charge in [-0.1, -0.05) is 29.8 Å². The highest BCUT2D eigenvalue weighted by Crippen LogP contribution is 2.33. The Kier molecular flexibility index (Phi) is 3.81. The Morgan fingerprint density at radius 1 is 1.19 bits per heavy atom. The zero-order chi connectivity index (χ0) is 17.7. The molecule has 0 spiro atoms. The fourth-order valence-corrected chi connectivity index (χ4v) is 4.46. The SMILES string of the molecule is Cc1cccc(CN2C[C@@H]3Cn4c(nnc4C(=O)NC4CC4)C[C@H]3C2)c1. The van der Waals surface area contributed by atoms with Gasteiger partial charge in [0, 0.05) is 38.6 Å². The predicted molar refractivity (Wildman–Crippen MR) is 97.7 cm³/mol. The number of hydrogen-bond donors (Lipinski definition) is 1. The van der Waals surface area contributed by atoms with Crippen LogP contribution in [0.4, 0.5) is 0 Å². The average Bonchev–Trinajstić information content (AvgIpc) is 3.19. The monoisotopic (exact) mass is 351 g/mol. The Bertz CT molecular complexity index is 840. The lowest BCUT2D eigenvalue weighted by Crippen LogP contribution is -2.33. The third-order valence-electron chi connectivity index (χ3n) is 5.95. The number of aryl methyl sites for hydroxylation is 1. The van der Waals surface area contributed by atoms with E-state index in [-0.39, 0.29) is 5.91 Å². The molecule has 1 aromatic carbocycles. The topological polar surface area (TPSA) is 63.1 Å². The van der Waals surface area contributed by atoms with Gasteiger partial charge in [-0.3, -0.25) is 9.69 Å². The van der Waals surface area contributed by atoms with Crippen LogP contribution in [0.3, 0.4) is 0 Å². The molecule has 5 rings (SSSR count). The molecule has 6 heteroatoms. The van der Waals surface area contributed by atoms with Gasteiger partial charge in [0.15, 0.2) is 0 Å². The van der Waals surface area contributed by atoms with Crippen LogP contribution in [-0.2, 0) is 19.5 Å². The average molecular weight is 351 g/mol. The molecule has 3 aliphatic rings. The van der Waals surface area contributed by atoms with E-state index in [1.807, 2.05) is 0 Å². The van der Waals surface area contributed by atoms with Gasteiger partial charge in [0.1, 0.15) is 5.82 Å². The molecule has 1 aliphatic carbocycles. The number of carbonyl (C=O) groups is 1. The molecule has 0 radical (unpaired) electrons. The van der Waals surface area contributed by atoms with Gasteiger partial charge in [-0.05, 0) is 37.2 Å². The van der Waals surface area contributed by atoms with Gasteiger partial charge in [-0.25, -0.2) is 0 Å². The van der Waals surface area contributed by atoms with Gasteiger partial charge in [0.25, 0.3) is 5.91 Å². The van der Waals surface area contributed by atoms with E-state index in [0.29, 0.717) is 23.7 Å². The predicted octanol–water partition coefficient (Wildman–Crippen LogP) is 1.78. The minimum Gasteiger partial charge on any atom is -0.347 e. The smallest absolute Gasteiger partial charge is 0.289 e. The molecule has 1 N–H and O–H groups in total. The Morgan fingerprint density at radius 3 is 2.85 bits per heavy atom. The van der Waals surface area contributed by atoms with E-state index in [9.17, 15) is 4.79 Å². The number of carbonyl (C=O) groups excluding carboxylic acids is 1. The normalized spacial score (nSPS) is 25.0. The molecule has 1 aromatic heterocycles. The molecule has 2 aliphatic heterocycles. The molecule has 136 valence electrons. The van der Waals surface area contributed by atoms with Crippen molar-refractivity contribution in [1.29, 1.82) is 0 Å². The van der Waals surface area contributed by atoms with E-state index < -0.39 is 0 Å². The largest absolute Gasteiger partial charge is 0.347 e. The van der Waals surface area contributed by atoms with Crippen LogP contribution < -0.4 is 5.32 Å². The maximum atomic E-state index is 12.4. The number of nitrogens with one attached hydrogen (secondary N) is 1. The standard InChI is InChI=1S/C20H25N5O/c1-13-3-2-4-14(7-13)9-24-10-15-8-18-22-23-19(20(26)21-17-5-6-17)25(18)12-16(15)11-24/h2-4,7,15-17H,5-6,8-12H2,1H3,(H,21,26)/t15-,16+/m0/s1. The number of nitrogens with zero attached hydrogens (tertiary/aromatic N) is 4. The number of hydrogen-bond acceptors (Lipinski definition) is 4. The lowest BCUT2D eigenvalue weighted by atomic mass is 9.89. The zero-order valence-electron chi connectivity index (χ0n) is 15.2. The first-order valence-electron chi connectivity index (χ1n) is 9.66. The first-order chi connectivity index (χ1) is 12.7. The van der Waals surface area contributed by atoms with Crippen molar-refractivity contribution in [3.05, 3.63) is 47.0 Å². The van der Waals surface area contributed by atoms with Crippen LogP contribution in [0, 0.1) is 18.8 Å². The first kappa shape index (κ1) is 16.0. The van der Waals surface area contributed by atoms with E-state index in [1.165, 1.54) is 11.1 Å². The van der Waals surface area contributed by atoms with Crippen LogP contribution in [-0.4, -0.2) is 44.7 Å². The first-order valence-corrected chi connectivity index (χ1v) is 9.66. The van der Waals surface area contributed by atoms with Crippen molar-refractivity contribution in [2.24, 2.45) is 11.8 Å². The number of aromatic nitrogens is 3. The molecule has 2 fully saturated rings. The second-order valence-electron chi connectivity index (χ2n) is 8.21. The Morgan fingerprint density at radius 2 is 2.04 bits per heavy atom. The van der Waals surface area contributed by atoms with E-state index in [0.717, 1.165) is 51.3 Å². The fraction of sp³-hybridized carbons (Fsp3) is 0.550. The molecule has 1 saturated heterocycles. The van der Waals surface area contributed by atoms with Gasteiger partial charge in [0.2, 0.25) is 5.82 Å². The maximum absolute atomic E-state index is 12.4.